The summed E-state index contributed by atoms with van der Waals surface area (Å²) in [6, 6.07) is 3.05. The Morgan fingerprint density at radius 3 is 2.73 bits per heavy atom. The van der Waals surface area contributed by atoms with Crippen LogP contribution in [0.2, 0.25) is 5.02 Å². The summed E-state index contributed by atoms with van der Waals surface area (Å²) in [7, 11) is 1.70. The Balaban J connectivity index is 2.05. The van der Waals surface area contributed by atoms with E-state index in [0.717, 1.165) is 12.1 Å². The predicted octanol–water partition coefficient (Wildman–Crippen LogP) is 3.78. The molecule has 0 saturated heterocycles. The maximum absolute atomic E-state index is 12.8. The number of hydrogen-bond acceptors (Lipinski definition) is 4. The molecule has 1 aromatic carbocycles. The molecule has 0 aliphatic rings. The number of nitrogens with zero attached hydrogens (tertiary/aromatic N) is 4. The molecule has 0 atom stereocenters. The number of fused-ring (bicyclic) bond motifs is 1. The van der Waals surface area contributed by atoms with Gasteiger partial charge < -0.3 is 5.32 Å². The molecule has 2 aromatic heterocycles. The molecule has 3 aromatic rings. The largest absolute Gasteiger partial charge is 0.416 e. The Morgan fingerprint density at radius 1 is 1.23 bits per heavy atom. The lowest BCUT2D eigenvalue weighted by Gasteiger charge is -2.12. The number of benzene rings is 1. The van der Waals surface area contributed by atoms with Crippen molar-refractivity contribution < 1.29 is 13.2 Å². The van der Waals surface area contributed by atoms with E-state index in [2.05, 4.69) is 20.4 Å². The van der Waals surface area contributed by atoms with E-state index in [1.807, 2.05) is 0 Å². The molecular weight excluding hydrogens is 319 g/mol. The lowest BCUT2D eigenvalue weighted by Crippen LogP contribution is -2.06. The van der Waals surface area contributed by atoms with Crippen LogP contribution in [0.1, 0.15) is 5.56 Å². The van der Waals surface area contributed by atoms with Crippen LogP contribution < -0.4 is 5.32 Å². The van der Waals surface area contributed by atoms with E-state index in [1.165, 1.54) is 23.3 Å². The quantitative estimate of drug-likeness (QED) is 0.778. The van der Waals surface area contributed by atoms with Crippen LogP contribution in [0.25, 0.3) is 11.0 Å². The molecule has 2 heterocycles. The van der Waals surface area contributed by atoms with Gasteiger partial charge in [-0.25, -0.2) is 9.97 Å². The first-order valence-electron chi connectivity index (χ1n) is 6.13. The van der Waals surface area contributed by atoms with Crippen LogP contribution in [-0.4, -0.2) is 19.7 Å². The minimum absolute atomic E-state index is 0.111. The van der Waals surface area contributed by atoms with Crippen molar-refractivity contribution >= 4 is 34.1 Å². The van der Waals surface area contributed by atoms with E-state index in [1.54, 1.807) is 7.05 Å². The van der Waals surface area contributed by atoms with Gasteiger partial charge in [0, 0.05) is 7.05 Å². The molecule has 0 aliphatic heterocycles. The van der Waals surface area contributed by atoms with Gasteiger partial charge in [0.15, 0.2) is 5.65 Å². The van der Waals surface area contributed by atoms with Crippen LogP contribution in [-0.2, 0) is 13.2 Å². The van der Waals surface area contributed by atoms with Gasteiger partial charge in [0.1, 0.15) is 12.1 Å². The highest BCUT2D eigenvalue weighted by molar-refractivity contribution is 6.33. The predicted molar refractivity (Wildman–Crippen MR) is 76.0 cm³/mol. The average Bonchev–Trinajstić information content (AvgIpc) is 2.83. The molecule has 0 fully saturated rings. The van der Waals surface area contributed by atoms with Gasteiger partial charge >= 0.3 is 6.18 Å². The number of rotatable bonds is 2. The SMILES string of the molecule is Cn1ncc2c(Nc3cc(C(F)(F)F)ccc3Cl)ncnc21. The standard InChI is InChI=1S/C13H9ClF3N5/c1-22-12-8(5-20-22)11(18-6-19-12)21-10-4-7(13(15,16)17)2-3-9(10)14/h2-6H,1H3,(H,18,19,21). The first-order valence-corrected chi connectivity index (χ1v) is 6.50. The normalized spacial score (nSPS) is 11.9. The van der Waals surface area contributed by atoms with Gasteiger partial charge in [0.05, 0.1) is 27.9 Å². The Hall–Kier alpha value is -2.35. The zero-order valence-electron chi connectivity index (χ0n) is 11.2. The maximum atomic E-state index is 12.8. The van der Waals surface area contributed by atoms with Gasteiger partial charge in [0.25, 0.3) is 0 Å². The third-order valence-corrected chi connectivity index (χ3v) is 3.41. The Bertz CT molecular complexity index is 843. The highest BCUT2D eigenvalue weighted by atomic mass is 35.5. The fourth-order valence-corrected chi connectivity index (χ4v) is 2.15. The number of alkyl halides is 3. The number of nitrogens with one attached hydrogen (secondary N) is 1. The highest BCUT2D eigenvalue weighted by Crippen LogP contribution is 2.35. The van der Waals surface area contributed by atoms with Crippen molar-refractivity contribution in [2.24, 2.45) is 7.05 Å². The fraction of sp³-hybridized carbons (Fsp3) is 0.154. The van der Waals surface area contributed by atoms with E-state index < -0.39 is 11.7 Å². The number of halogens is 4. The summed E-state index contributed by atoms with van der Waals surface area (Å²) in [5, 5.41) is 7.58. The minimum atomic E-state index is -4.45. The van der Waals surface area contributed by atoms with E-state index in [9.17, 15) is 13.2 Å². The third-order valence-electron chi connectivity index (χ3n) is 3.08. The molecule has 1 N–H and O–H groups in total. The van der Waals surface area contributed by atoms with Crippen LogP contribution in [0.15, 0.2) is 30.7 Å². The zero-order chi connectivity index (χ0) is 15.9. The zero-order valence-corrected chi connectivity index (χ0v) is 11.9. The summed E-state index contributed by atoms with van der Waals surface area (Å²) >= 11 is 5.96. The summed E-state index contributed by atoms with van der Waals surface area (Å²) < 4.78 is 39.9. The molecule has 0 saturated carbocycles. The first kappa shape index (κ1) is 14.6. The van der Waals surface area contributed by atoms with E-state index in [0.29, 0.717) is 16.9 Å². The van der Waals surface area contributed by atoms with Gasteiger partial charge in [-0.3, -0.25) is 4.68 Å². The third kappa shape index (κ3) is 2.57. The summed E-state index contributed by atoms with van der Waals surface area (Å²) in [4.78, 5) is 8.09. The fourth-order valence-electron chi connectivity index (χ4n) is 1.99. The van der Waals surface area contributed by atoms with E-state index in [4.69, 9.17) is 11.6 Å². The van der Waals surface area contributed by atoms with Crippen LogP contribution >= 0.6 is 11.6 Å². The monoisotopic (exact) mass is 327 g/mol. The van der Waals surface area contributed by atoms with Crippen molar-refractivity contribution in [3.8, 4) is 0 Å². The van der Waals surface area contributed by atoms with Crippen LogP contribution in [0, 0.1) is 0 Å². The second kappa shape index (κ2) is 5.13. The van der Waals surface area contributed by atoms with Gasteiger partial charge in [-0.05, 0) is 18.2 Å². The number of aromatic nitrogens is 4. The first-order chi connectivity index (χ1) is 10.4. The molecule has 114 valence electrons. The van der Waals surface area contributed by atoms with E-state index in [-0.39, 0.29) is 10.7 Å². The highest BCUT2D eigenvalue weighted by Gasteiger charge is 2.31. The molecule has 3 rings (SSSR count). The maximum Gasteiger partial charge on any atom is 0.416 e. The Labute approximate surface area is 127 Å². The molecule has 0 unspecified atom stereocenters. The van der Waals surface area contributed by atoms with Crippen molar-refractivity contribution in [2.45, 2.75) is 6.18 Å². The van der Waals surface area contributed by atoms with Crippen LogP contribution in [0.5, 0.6) is 0 Å². The molecule has 0 aliphatic carbocycles. The average molecular weight is 328 g/mol. The van der Waals surface area contributed by atoms with Crippen molar-refractivity contribution in [1.29, 1.82) is 0 Å². The number of aryl methyl sites for hydroxylation is 1. The van der Waals surface area contributed by atoms with Crippen molar-refractivity contribution in [3.05, 3.63) is 41.3 Å². The minimum Gasteiger partial charge on any atom is -0.338 e. The lowest BCUT2D eigenvalue weighted by atomic mass is 10.2. The summed E-state index contributed by atoms with van der Waals surface area (Å²) in [6.45, 7) is 0. The molecule has 0 amide bonds. The van der Waals surface area contributed by atoms with Crippen LogP contribution in [0.4, 0.5) is 24.7 Å². The molecule has 0 spiro atoms. The Morgan fingerprint density at radius 2 is 2.00 bits per heavy atom. The van der Waals surface area contributed by atoms with E-state index >= 15 is 0 Å². The second-order valence-electron chi connectivity index (χ2n) is 4.55. The van der Waals surface area contributed by atoms with Crippen LogP contribution in [0.3, 0.4) is 0 Å². The molecule has 9 heteroatoms. The molecule has 5 nitrogen and oxygen atoms in total. The summed E-state index contributed by atoms with van der Waals surface area (Å²) in [5.74, 6) is 0.333. The van der Waals surface area contributed by atoms with Crippen molar-refractivity contribution in [2.75, 3.05) is 5.32 Å². The second-order valence-corrected chi connectivity index (χ2v) is 4.95. The summed E-state index contributed by atoms with van der Waals surface area (Å²) in [6.07, 6.45) is -1.62. The smallest absolute Gasteiger partial charge is 0.338 e. The number of hydrogen-bond donors (Lipinski definition) is 1. The van der Waals surface area contributed by atoms with Crippen molar-refractivity contribution in [1.82, 2.24) is 19.7 Å². The van der Waals surface area contributed by atoms with Crippen molar-refractivity contribution in [3.63, 3.8) is 0 Å². The molecular formula is C13H9ClF3N5. The molecule has 22 heavy (non-hydrogen) atoms. The number of anilines is 2. The van der Waals surface area contributed by atoms with Gasteiger partial charge in [0.2, 0.25) is 0 Å². The van der Waals surface area contributed by atoms with Gasteiger partial charge in [-0.1, -0.05) is 11.6 Å². The van der Waals surface area contributed by atoms with Gasteiger partial charge in [-0.15, -0.1) is 0 Å². The molecule has 0 bridgehead atoms. The summed E-state index contributed by atoms with van der Waals surface area (Å²) in [5.41, 5.74) is -0.128. The topological polar surface area (TPSA) is 55.6 Å². The van der Waals surface area contributed by atoms with Gasteiger partial charge in [-0.2, -0.15) is 18.3 Å². The lowest BCUT2D eigenvalue weighted by molar-refractivity contribution is -0.137. The molecule has 0 radical (unpaired) electrons. The Kier molecular flexibility index (Phi) is 3.40.